The van der Waals surface area contributed by atoms with Gasteiger partial charge < -0.3 is 9.84 Å². The number of carbonyl (C=O) groups is 2. The average Bonchev–Trinajstić information content (AvgIpc) is 2.53. The number of methoxy groups -OCH3 is 1. The van der Waals surface area contributed by atoms with Crippen molar-refractivity contribution < 1.29 is 19.4 Å². The standard InChI is InChI=1S/C17H14O4/c1-21-17(20)14-11-12(8-10-16(14)19)7-9-15(18)13-5-3-2-4-6-13/h2-11,19H,1H3. The summed E-state index contributed by atoms with van der Waals surface area (Å²) in [6.45, 7) is 0. The Labute approximate surface area is 122 Å². The Morgan fingerprint density at radius 3 is 2.48 bits per heavy atom. The van der Waals surface area contributed by atoms with Gasteiger partial charge in [0, 0.05) is 5.56 Å². The number of esters is 1. The minimum absolute atomic E-state index is 0.0619. The van der Waals surface area contributed by atoms with Crippen molar-refractivity contribution in [1.29, 1.82) is 0 Å². The second-order valence-electron chi connectivity index (χ2n) is 4.33. The van der Waals surface area contributed by atoms with Gasteiger partial charge in [0.2, 0.25) is 0 Å². The molecule has 0 aromatic heterocycles. The maximum atomic E-state index is 11.9. The van der Waals surface area contributed by atoms with E-state index < -0.39 is 5.97 Å². The van der Waals surface area contributed by atoms with E-state index in [0.717, 1.165) is 0 Å². The molecule has 0 amide bonds. The third kappa shape index (κ3) is 3.57. The Morgan fingerprint density at radius 2 is 1.81 bits per heavy atom. The second kappa shape index (κ2) is 6.52. The molecule has 1 N–H and O–H groups in total. The monoisotopic (exact) mass is 282 g/mol. The molecule has 2 aromatic rings. The number of benzene rings is 2. The summed E-state index contributed by atoms with van der Waals surface area (Å²) in [5.74, 6) is -0.922. The van der Waals surface area contributed by atoms with Gasteiger partial charge in [-0.15, -0.1) is 0 Å². The first-order chi connectivity index (χ1) is 10.1. The molecule has 2 rings (SSSR count). The number of carbonyl (C=O) groups excluding carboxylic acids is 2. The molecule has 0 radical (unpaired) electrons. The van der Waals surface area contributed by atoms with Crippen molar-refractivity contribution in [2.75, 3.05) is 7.11 Å². The second-order valence-corrected chi connectivity index (χ2v) is 4.33. The summed E-state index contributed by atoms with van der Waals surface area (Å²) in [6.07, 6.45) is 3.00. The van der Waals surface area contributed by atoms with Crippen LogP contribution in [0.4, 0.5) is 0 Å². The molecule has 0 aliphatic heterocycles. The van der Waals surface area contributed by atoms with Crippen LogP contribution in [0.5, 0.6) is 5.75 Å². The van der Waals surface area contributed by atoms with Crippen LogP contribution in [0.15, 0.2) is 54.6 Å². The van der Waals surface area contributed by atoms with Gasteiger partial charge in [-0.25, -0.2) is 4.79 Å². The van der Waals surface area contributed by atoms with Gasteiger partial charge in [-0.1, -0.05) is 42.5 Å². The van der Waals surface area contributed by atoms with Gasteiger partial charge in [-0.3, -0.25) is 4.79 Å². The largest absolute Gasteiger partial charge is 0.507 e. The molecule has 21 heavy (non-hydrogen) atoms. The molecule has 0 fully saturated rings. The summed E-state index contributed by atoms with van der Waals surface area (Å²) in [5.41, 5.74) is 1.27. The minimum atomic E-state index is -0.628. The molecule has 0 saturated heterocycles. The van der Waals surface area contributed by atoms with E-state index in [4.69, 9.17) is 0 Å². The van der Waals surface area contributed by atoms with Crippen LogP contribution in [0.25, 0.3) is 6.08 Å². The third-order valence-electron chi connectivity index (χ3n) is 2.91. The molecular formula is C17H14O4. The zero-order chi connectivity index (χ0) is 15.2. The fourth-order valence-corrected chi connectivity index (χ4v) is 1.80. The van der Waals surface area contributed by atoms with Crippen LogP contribution in [-0.2, 0) is 4.74 Å². The number of hydrogen-bond donors (Lipinski definition) is 1. The van der Waals surface area contributed by atoms with Crippen LogP contribution in [0.3, 0.4) is 0 Å². The lowest BCUT2D eigenvalue weighted by Gasteiger charge is -2.03. The van der Waals surface area contributed by atoms with Crippen molar-refractivity contribution in [2.24, 2.45) is 0 Å². The summed E-state index contributed by atoms with van der Waals surface area (Å²) in [4.78, 5) is 23.4. The highest BCUT2D eigenvalue weighted by molar-refractivity contribution is 6.06. The molecule has 4 nitrogen and oxygen atoms in total. The molecule has 0 atom stereocenters. The summed E-state index contributed by atoms with van der Waals surface area (Å²) in [5, 5.41) is 9.60. The van der Waals surface area contributed by atoms with Crippen LogP contribution in [0, 0.1) is 0 Å². The fraction of sp³-hybridized carbons (Fsp3) is 0.0588. The number of hydrogen-bond acceptors (Lipinski definition) is 4. The molecule has 0 aliphatic rings. The van der Waals surface area contributed by atoms with Crippen molar-refractivity contribution in [3.05, 3.63) is 71.3 Å². The van der Waals surface area contributed by atoms with Crippen LogP contribution < -0.4 is 0 Å². The normalized spacial score (nSPS) is 10.5. The van der Waals surface area contributed by atoms with Gasteiger partial charge >= 0.3 is 5.97 Å². The number of ether oxygens (including phenoxy) is 1. The Morgan fingerprint density at radius 1 is 1.10 bits per heavy atom. The Hall–Kier alpha value is -2.88. The van der Waals surface area contributed by atoms with Crippen LogP contribution in [0.1, 0.15) is 26.3 Å². The molecule has 0 heterocycles. The first-order valence-corrected chi connectivity index (χ1v) is 6.30. The first-order valence-electron chi connectivity index (χ1n) is 6.30. The van der Waals surface area contributed by atoms with Gasteiger partial charge in [0.05, 0.1) is 7.11 Å². The van der Waals surface area contributed by atoms with Gasteiger partial charge in [0.1, 0.15) is 11.3 Å². The zero-order valence-corrected chi connectivity index (χ0v) is 11.4. The summed E-state index contributed by atoms with van der Waals surface area (Å²) >= 11 is 0. The van der Waals surface area contributed by atoms with Crippen LogP contribution in [0.2, 0.25) is 0 Å². The predicted octanol–water partition coefficient (Wildman–Crippen LogP) is 3.07. The average molecular weight is 282 g/mol. The number of phenols is 1. The number of allylic oxidation sites excluding steroid dienone is 1. The Bertz CT molecular complexity index is 687. The highest BCUT2D eigenvalue weighted by Gasteiger charge is 2.11. The maximum Gasteiger partial charge on any atom is 0.341 e. The van der Waals surface area contributed by atoms with Crippen LogP contribution >= 0.6 is 0 Å². The topological polar surface area (TPSA) is 63.6 Å². The molecule has 106 valence electrons. The summed E-state index contributed by atoms with van der Waals surface area (Å²) in [6, 6.07) is 13.3. The Kier molecular flexibility index (Phi) is 4.51. The van der Waals surface area contributed by atoms with E-state index >= 15 is 0 Å². The van der Waals surface area contributed by atoms with Crippen molar-refractivity contribution in [1.82, 2.24) is 0 Å². The summed E-state index contributed by atoms with van der Waals surface area (Å²) in [7, 11) is 1.24. The van der Waals surface area contributed by atoms with E-state index in [2.05, 4.69) is 4.74 Å². The van der Waals surface area contributed by atoms with E-state index in [9.17, 15) is 14.7 Å². The highest BCUT2D eigenvalue weighted by Crippen LogP contribution is 2.20. The number of rotatable bonds is 4. The quantitative estimate of drug-likeness (QED) is 0.532. The zero-order valence-electron chi connectivity index (χ0n) is 11.4. The third-order valence-corrected chi connectivity index (χ3v) is 2.91. The van der Waals surface area contributed by atoms with E-state index in [0.29, 0.717) is 11.1 Å². The molecule has 0 saturated carbocycles. The van der Waals surface area contributed by atoms with Gasteiger partial charge in [0.25, 0.3) is 0 Å². The maximum absolute atomic E-state index is 11.9. The molecule has 0 bridgehead atoms. The minimum Gasteiger partial charge on any atom is -0.507 e. The fourth-order valence-electron chi connectivity index (χ4n) is 1.80. The SMILES string of the molecule is COC(=O)c1cc(C=CC(=O)c2ccccc2)ccc1O. The number of phenolic OH excluding ortho intramolecular Hbond substituents is 1. The van der Waals surface area contributed by atoms with Crippen molar-refractivity contribution in [3.8, 4) is 5.75 Å². The van der Waals surface area contributed by atoms with E-state index in [-0.39, 0.29) is 17.1 Å². The Balaban J connectivity index is 2.22. The molecule has 0 unspecified atom stereocenters. The van der Waals surface area contributed by atoms with Gasteiger partial charge in [0.15, 0.2) is 5.78 Å². The van der Waals surface area contributed by atoms with E-state index in [1.807, 2.05) is 6.07 Å². The molecular weight excluding hydrogens is 268 g/mol. The molecule has 0 spiro atoms. The van der Waals surface area contributed by atoms with Crippen molar-refractivity contribution in [2.45, 2.75) is 0 Å². The van der Waals surface area contributed by atoms with Gasteiger partial charge in [-0.05, 0) is 23.8 Å². The smallest absolute Gasteiger partial charge is 0.341 e. The predicted molar refractivity (Wildman–Crippen MR) is 79.3 cm³/mol. The number of ketones is 1. The first kappa shape index (κ1) is 14.5. The lowest BCUT2D eigenvalue weighted by molar-refractivity contribution is 0.0597. The lowest BCUT2D eigenvalue weighted by Crippen LogP contribution is -2.01. The highest BCUT2D eigenvalue weighted by atomic mass is 16.5. The number of aromatic hydroxyl groups is 1. The van der Waals surface area contributed by atoms with Crippen LogP contribution in [-0.4, -0.2) is 24.0 Å². The molecule has 0 aliphatic carbocycles. The van der Waals surface area contributed by atoms with Crippen molar-refractivity contribution in [3.63, 3.8) is 0 Å². The molecule has 2 aromatic carbocycles. The van der Waals surface area contributed by atoms with Crippen molar-refractivity contribution >= 4 is 17.8 Å². The van der Waals surface area contributed by atoms with E-state index in [1.54, 1.807) is 36.4 Å². The van der Waals surface area contributed by atoms with Gasteiger partial charge in [-0.2, -0.15) is 0 Å². The summed E-state index contributed by atoms with van der Waals surface area (Å²) < 4.78 is 4.58. The lowest BCUT2D eigenvalue weighted by atomic mass is 10.1. The van der Waals surface area contributed by atoms with E-state index in [1.165, 1.54) is 25.3 Å². The molecule has 4 heteroatoms.